The lowest BCUT2D eigenvalue weighted by atomic mass is 9.94. The van der Waals surface area contributed by atoms with Gasteiger partial charge in [0.25, 0.3) is 0 Å². The van der Waals surface area contributed by atoms with Gasteiger partial charge in [-0.05, 0) is 64.2 Å². The number of aryl methyl sites for hydroxylation is 1. The van der Waals surface area contributed by atoms with Crippen LogP contribution in [0.3, 0.4) is 0 Å². The predicted molar refractivity (Wildman–Crippen MR) is 85.1 cm³/mol. The fourth-order valence-corrected chi connectivity index (χ4v) is 3.11. The van der Waals surface area contributed by atoms with Gasteiger partial charge < -0.3 is 14.6 Å². The molecular weight excluding hydrogens is 332 g/mol. The molecule has 1 aliphatic rings. The minimum absolute atomic E-state index is 0.530. The number of aliphatic hydroxyl groups is 1. The van der Waals surface area contributed by atoms with Crippen LogP contribution in [0.15, 0.2) is 34.8 Å². The number of hydrogen-bond donors (Lipinski definition) is 1. The molecule has 0 saturated carbocycles. The third-order valence-corrected chi connectivity index (χ3v) is 4.47. The summed E-state index contributed by atoms with van der Waals surface area (Å²) in [6.07, 6.45) is -0.683. The van der Waals surface area contributed by atoms with Gasteiger partial charge in [-0.25, -0.2) is 0 Å². The largest absolute Gasteiger partial charge is 0.486 e. The summed E-state index contributed by atoms with van der Waals surface area (Å²) in [5.41, 5.74) is 3.98. The highest BCUT2D eigenvalue weighted by Crippen LogP contribution is 2.41. The van der Waals surface area contributed by atoms with Gasteiger partial charge in [0.1, 0.15) is 19.3 Å². The normalized spacial score (nSPS) is 14.9. The van der Waals surface area contributed by atoms with E-state index in [2.05, 4.69) is 15.9 Å². The Bertz CT molecular complexity index is 682. The maximum Gasteiger partial charge on any atom is 0.175 e. The van der Waals surface area contributed by atoms with Gasteiger partial charge in [-0.3, -0.25) is 0 Å². The molecule has 2 aromatic rings. The van der Waals surface area contributed by atoms with Crippen molar-refractivity contribution in [3.8, 4) is 11.5 Å². The second kappa shape index (κ2) is 5.70. The van der Waals surface area contributed by atoms with Crippen molar-refractivity contribution in [2.45, 2.75) is 20.0 Å². The maximum absolute atomic E-state index is 10.7. The average Bonchev–Trinajstić information content (AvgIpc) is 2.49. The molecular formula is C17H17BrO3. The molecule has 21 heavy (non-hydrogen) atoms. The highest BCUT2D eigenvalue weighted by atomic mass is 79.9. The quantitative estimate of drug-likeness (QED) is 0.893. The van der Waals surface area contributed by atoms with Gasteiger partial charge in [0.15, 0.2) is 11.5 Å². The molecule has 1 heterocycles. The van der Waals surface area contributed by atoms with Crippen LogP contribution in [0.25, 0.3) is 0 Å². The number of halogens is 1. The molecule has 3 rings (SSSR count). The van der Waals surface area contributed by atoms with Crippen LogP contribution >= 0.6 is 15.9 Å². The molecule has 1 N–H and O–H groups in total. The molecule has 110 valence electrons. The van der Waals surface area contributed by atoms with Crippen LogP contribution < -0.4 is 9.47 Å². The maximum atomic E-state index is 10.7. The second-order valence-electron chi connectivity index (χ2n) is 5.22. The van der Waals surface area contributed by atoms with Crippen molar-refractivity contribution in [1.82, 2.24) is 0 Å². The van der Waals surface area contributed by atoms with Gasteiger partial charge in [0.2, 0.25) is 0 Å². The van der Waals surface area contributed by atoms with E-state index in [1.54, 1.807) is 0 Å². The summed E-state index contributed by atoms with van der Waals surface area (Å²) in [6, 6.07) is 9.71. The SMILES string of the molecule is Cc1cccc(C(O)c2cc(Br)c3c(c2)OCCO3)c1C. The van der Waals surface area contributed by atoms with Crippen molar-refractivity contribution < 1.29 is 14.6 Å². The van der Waals surface area contributed by atoms with Crippen LogP contribution in [0.4, 0.5) is 0 Å². The Labute approximate surface area is 132 Å². The molecule has 0 fully saturated rings. The zero-order valence-electron chi connectivity index (χ0n) is 12.0. The third-order valence-electron chi connectivity index (χ3n) is 3.88. The zero-order chi connectivity index (χ0) is 15.0. The van der Waals surface area contributed by atoms with E-state index in [1.807, 2.05) is 44.2 Å². The van der Waals surface area contributed by atoms with Crippen LogP contribution in [0, 0.1) is 13.8 Å². The van der Waals surface area contributed by atoms with Gasteiger partial charge in [0, 0.05) is 0 Å². The molecule has 0 spiro atoms. The van der Waals surface area contributed by atoms with E-state index in [4.69, 9.17) is 9.47 Å². The number of fused-ring (bicyclic) bond motifs is 1. The van der Waals surface area contributed by atoms with Gasteiger partial charge in [-0.15, -0.1) is 0 Å². The minimum atomic E-state index is -0.683. The lowest BCUT2D eigenvalue weighted by molar-refractivity contribution is 0.168. The molecule has 4 heteroatoms. The van der Waals surface area contributed by atoms with Crippen molar-refractivity contribution in [3.63, 3.8) is 0 Å². The monoisotopic (exact) mass is 348 g/mol. The highest BCUT2D eigenvalue weighted by molar-refractivity contribution is 9.10. The van der Waals surface area contributed by atoms with E-state index in [0.29, 0.717) is 24.7 Å². The van der Waals surface area contributed by atoms with Gasteiger partial charge in [0.05, 0.1) is 4.47 Å². The summed E-state index contributed by atoms with van der Waals surface area (Å²) in [5.74, 6) is 1.38. The Morgan fingerprint density at radius 1 is 1.14 bits per heavy atom. The van der Waals surface area contributed by atoms with Crippen molar-refractivity contribution >= 4 is 15.9 Å². The summed E-state index contributed by atoms with van der Waals surface area (Å²) in [4.78, 5) is 0. The van der Waals surface area contributed by atoms with Crippen molar-refractivity contribution in [2.75, 3.05) is 13.2 Å². The Balaban J connectivity index is 2.04. The smallest absolute Gasteiger partial charge is 0.175 e. The van der Waals surface area contributed by atoms with Gasteiger partial charge in [-0.1, -0.05) is 18.2 Å². The van der Waals surface area contributed by atoms with E-state index in [-0.39, 0.29) is 0 Å². The summed E-state index contributed by atoms with van der Waals surface area (Å²) in [5, 5.41) is 10.7. The molecule has 2 aromatic carbocycles. The first-order chi connectivity index (χ1) is 10.1. The van der Waals surface area contributed by atoms with Crippen molar-refractivity contribution in [1.29, 1.82) is 0 Å². The number of benzene rings is 2. The molecule has 3 nitrogen and oxygen atoms in total. The highest BCUT2D eigenvalue weighted by Gasteiger charge is 2.21. The molecule has 0 radical (unpaired) electrons. The molecule has 0 bridgehead atoms. The van der Waals surface area contributed by atoms with Crippen LogP contribution in [-0.4, -0.2) is 18.3 Å². The van der Waals surface area contributed by atoms with Crippen LogP contribution in [0.5, 0.6) is 11.5 Å². The van der Waals surface area contributed by atoms with E-state index in [1.165, 1.54) is 5.56 Å². The fourth-order valence-electron chi connectivity index (χ4n) is 2.54. The first-order valence-electron chi connectivity index (χ1n) is 6.91. The lowest BCUT2D eigenvalue weighted by Gasteiger charge is -2.22. The molecule has 0 amide bonds. The number of ether oxygens (including phenoxy) is 2. The number of rotatable bonds is 2. The van der Waals surface area contributed by atoms with Crippen molar-refractivity contribution in [2.24, 2.45) is 0 Å². The first-order valence-corrected chi connectivity index (χ1v) is 7.70. The van der Waals surface area contributed by atoms with Crippen molar-refractivity contribution in [3.05, 3.63) is 57.1 Å². The van der Waals surface area contributed by atoms with Crippen LogP contribution in [-0.2, 0) is 0 Å². The Kier molecular flexibility index (Phi) is 3.91. The first kappa shape index (κ1) is 14.4. The van der Waals surface area contributed by atoms with Crippen LogP contribution in [0.1, 0.15) is 28.4 Å². The van der Waals surface area contributed by atoms with E-state index < -0.39 is 6.10 Å². The second-order valence-corrected chi connectivity index (χ2v) is 6.07. The zero-order valence-corrected chi connectivity index (χ0v) is 13.6. The van der Waals surface area contributed by atoms with Crippen LogP contribution in [0.2, 0.25) is 0 Å². The molecule has 1 atom stereocenters. The molecule has 1 aliphatic heterocycles. The molecule has 0 aliphatic carbocycles. The summed E-state index contributed by atoms with van der Waals surface area (Å²) >= 11 is 3.49. The minimum Gasteiger partial charge on any atom is -0.486 e. The molecule has 1 unspecified atom stereocenters. The third kappa shape index (κ3) is 2.65. The lowest BCUT2D eigenvalue weighted by Crippen LogP contribution is -2.16. The van der Waals surface area contributed by atoms with E-state index in [9.17, 15) is 5.11 Å². The van der Waals surface area contributed by atoms with E-state index in [0.717, 1.165) is 21.2 Å². The topological polar surface area (TPSA) is 38.7 Å². The predicted octanol–water partition coefficient (Wildman–Crippen LogP) is 3.92. The van der Waals surface area contributed by atoms with Gasteiger partial charge >= 0.3 is 0 Å². The Hall–Kier alpha value is -1.52. The average molecular weight is 349 g/mol. The summed E-state index contributed by atoms with van der Waals surface area (Å²) < 4.78 is 12.0. The number of aliphatic hydroxyl groups excluding tert-OH is 1. The Morgan fingerprint density at radius 3 is 2.71 bits per heavy atom. The number of hydrogen-bond acceptors (Lipinski definition) is 3. The fraction of sp³-hybridized carbons (Fsp3) is 0.294. The van der Waals surface area contributed by atoms with Gasteiger partial charge in [-0.2, -0.15) is 0 Å². The summed E-state index contributed by atoms with van der Waals surface area (Å²) in [6.45, 7) is 5.15. The molecule has 0 aromatic heterocycles. The standard InChI is InChI=1S/C17H17BrO3/c1-10-4-3-5-13(11(10)2)16(19)12-8-14(18)17-15(9-12)20-6-7-21-17/h3-5,8-9,16,19H,6-7H2,1-2H3. The summed E-state index contributed by atoms with van der Waals surface area (Å²) in [7, 11) is 0. The van der Waals surface area contributed by atoms with E-state index >= 15 is 0 Å². The molecule has 0 saturated heterocycles. The Morgan fingerprint density at radius 2 is 1.90 bits per heavy atom.